The fourth-order valence-electron chi connectivity index (χ4n) is 3.73. The van der Waals surface area contributed by atoms with Gasteiger partial charge in [0.2, 0.25) is 15.9 Å². The topological polar surface area (TPSA) is 114 Å². The molecule has 3 rings (SSSR count). The standard InChI is InChI=1S/C20H31N5O5S2/c1-4-23(5-2)8-6-7-21-16(26)13-24-14-22-19-17(20(24)27)18(15(3)31-19)32(28,29)25-9-11-30-12-10-25/h14H,4-13H2,1-3H3,(H,21,26). The lowest BCUT2D eigenvalue weighted by Gasteiger charge is -2.26. The van der Waals surface area contributed by atoms with Crippen molar-refractivity contribution in [3.05, 3.63) is 21.6 Å². The Labute approximate surface area is 192 Å². The molecule has 0 unspecified atom stereocenters. The molecule has 0 aliphatic carbocycles. The Bertz CT molecular complexity index is 1100. The van der Waals surface area contributed by atoms with Gasteiger partial charge in [0.1, 0.15) is 16.3 Å². The van der Waals surface area contributed by atoms with Gasteiger partial charge in [0.25, 0.3) is 5.56 Å². The monoisotopic (exact) mass is 485 g/mol. The van der Waals surface area contributed by atoms with E-state index in [-0.39, 0.29) is 35.8 Å². The van der Waals surface area contributed by atoms with Gasteiger partial charge >= 0.3 is 0 Å². The highest BCUT2D eigenvalue weighted by Gasteiger charge is 2.32. The van der Waals surface area contributed by atoms with Crippen LogP contribution in [0.4, 0.5) is 0 Å². The van der Waals surface area contributed by atoms with E-state index in [9.17, 15) is 18.0 Å². The molecule has 0 aromatic carbocycles. The highest BCUT2D eigenvalue weighted by molar-refractivity contribution is 7.89. The number of aromatic nitrogens is 2. The molecule has 1 aliphatic rings. The fourth-order valence-corrected chi connectivity index (χ4v) is 6.81. The number of sulfonamides is 1. The number of morpholine rings is 1. The molecular weight excluding hydrogens is 454 g/mol. The van der Waals surface area contributed by atoms with E-state index in [4.69, 9.17) is 4.74 Å². The van der Waals surface area contributed by atoms with Crippen LogP contribution in [0.3, 0.4) is 0 Å². The molecule has 1 saturated heterocycles. The summed E-state index contributed by atoms with van der Waals surface area (Å²) in [6.07, 6.45) is 2.12. The normalized spacial score (nSPS) is 15.5. The summed E-state index contributed by atoms with van der Waals surface area (Å²) in [5.74, 6) is -0.308. The number of thiophene rings is 1. The van der Waals surface area contributed by atoms with Gasteiger partial charge < -0.3 is 15.0 Å². The summed E-state index contributed by atoms with van der Waals surface area (Å²) in [5, 5.41) is 2.87. The summed E-state index contributed by atoms with van der Waals surface area (Å²) in [6.45, 7) is 10.1. The number of fused-ring (bicyclic) bond motifs is 1. The molecule has 178 valence electrons. The van der Waals surface area contributed by atoms with Crippen LogP contribution in [0.1, 0.15) is 25.1 Å². The minimum Gasteiger partial charge on any atom is -0.379 e. The van der Waals surface area contributed by atoms with Gasteiger partial charge in [-0.2, -0.15) is 4.31 Å². The number of amides is 1. The molecule has 10 nitrogen and oxygen atoms in total. The number of hydrogen-bond acceptors (Lipinski definition) is 8. The number of nitrogens with one attached hydrogen (secondary N) is 1. The van der Waals surface area contributed by atoms with Gasteiger partial charge in [0.15, 0.2) is 0 Å². The van der Waals surface area contributed by atoms with Crippen molar-refractivity contribution in [3.63, 3.8) is 0 Å². The smallest absolute Gasteiger partial charge is 0.263 e. The van der Waals surface area contributed by atoms with E-state index in [0.29, 0.717) is 29.5 Å². The second-order valence-electron chi connectivity index (χ2n) is 7.59. The Balaban J connectivity index is 1.79. The number of carbonyl (C=O) groups is 1. The first-order valence-electron chi connectivity index (χ1n) is 10.8. The van der Waals surface area contributed by atoms with Gasteiger partial charge in [0.05, 0.1) is 24.9 Å². The number of carbonyl (C=O) groups excluding carboxylic acids is 1. The molecule has 0 radical (unpaired) electrons. The molecule has 2 aromatic heterocycles. The molecular formula is C20H31N5O5S2. The first-order valence-corrected chi connectivity index (χ1v) is 13.1. The van der Waals surface area contributed by atoms with E-state index in [1.165, 1.54) is 26.5 Å². The number of ether oxygens (including phenoxy) is 1. The third-order valence-corrected chi connectivity index (χ3v) is 8.76. The van der Waals surface area contributed by atoms with Crippen molar-refractivity contribution in [2.24, 2.45) is 0 Å². The zero-order valence-electron chi connectivity index (χ0n) is 18.8. The van der Waals surface area contributed by atoms with Crippen molar-refractivity contribution in [1.29, 1.82) is 0 Å². The summed E-state index contributed by atoms with van der Waals surface area (Å²) < 4.78 is 34.3. The summed E-state index contributed by atoms with van der Waals surface area (Å²) in [7, 11) is -3.87. The van der Waals surface area contributed by atoms with E-state index in [1.807, 2.05) is 0 Å². The summed E-state index contributed by atoms with van der Waals surface area (Å²) in [6, 6.07) is 0. The maximum absolute atomic E-state index is 13.3. The highest BCUT2D eigenvalue weighted by Crippen LogP contribution is 2.33. The van der Waals surface area contributed by atoms with Gasteiger partial charge in [-0.05, 0) is 33.0 Å². The van der Waals surface area contributed by atoms with Crippen LogP contribution in [0, 0.1) is 6.92 Å². The maximum atomic E-state index is 13.3. The molecule has 1 fully saturated rings. The molecule has 1 amide bonds. The Kier molecular flexibility index (Phi) is 8.39. The average molecular weight is 486 g/mol. The minimum absolute atomic E-state index is 0.00844. The molecule has 3 heterocycles. The lowest BCUT2D eigenvalue weighted by molar-refractivity contribution is -0.121. The molecule has 0 atom stereocenters. The Morgan fingerprint density at radius 1 is 1.28 bits per heavy atom. The molecule has 12 heteroatoms. The number of nitrogens with zero attached hydrogens (tertiary/aromatic N) is 4. The van der Waals surface area contributed by atoms with Crippen molar-refractivity contribution in [1.82, 2.24) is 24.1 Å². The van der Waals surface area contributed by atoms with Crippen molar-refractivity contribution in [2.45, 2.75) is 38.6 Å². The first kappa shape index (κ1) is 24.8. The van der Waals surface area contributed by atoms with Gasteiger partial charge in [0, 0.05) is 24.5 Å². The van der Waals surface area contributed by atoms with E-state index in [1.54, 1.807) is 6.92 Å². The molecule has 0 bridgehead atoms. The molecule has 0 saturated carbocycles. The first-order chi connectivity index (χ1) is 15.3. The van der Waals surface area contributed by atoms with Crippen molar-refractivity contribution in [3.8, 4) is 0 Å². The Morgan fingerprint density at radius 3 is 2.62 bits per heavy atom. The van der Waals surface area contributed by atoms with Crippen LogP contribution < -0.4 is 10.9 Å². The SMILES string of the molecule is CCN(CC)CCCNC(=O)Cn1cnc2sc(C)c(S(=O)(=O)N3CCOCC3)c2c1=O. The molecule has 0 spiro atoms. The molecule has 1 aliphatic heterocycles. The van der Waals surface area contributed by atoms with Crippen molar-refractivity contribution in [2.75, 3.05) is 52.5 Å². The van der Waals surface area contributed by atoms with E-state index in [0.717, 1.165) is 26.1 Å². The van der Waals surface area contributed by atoms with Crippen LogP contribution in [0.25, 0.3) is 10.2 Å². The van der Waals surface area contributed by atoms with Crippen LogP contribution in [-0.2, 0) is 26.1 Å². The van der Waals surface area contributed by atoms with Crippen molar-refractivity contribution >= 4 is 37.5 Å². The largest absolute Gasteiger partial charge is 0.379 e. The van der Waals surface area contributed by atoms with Gasteiger partial charge in [-0.25, -0.2) is 13.4 Å². The van der Waals surface area contributed by atoms with Gasteiger partial charge in [-0.1, -0.05) is 13.8 Å². The lowest BCUT2D eigenvalue weighted by atomic mass is 10.3. The molecule has 32 heavy (non-hydrogen) atoms. The third kappa shape index (κ3) is 5.37. The van der Waals surface area contributed by atoms with Crippen molar-refractivity contribution < 1.29 is 17.9 Å². The maximum Gasteiger partial charge on any atom is 0.263 e. The number of aryl methyl sites for hydroxylation is 1. The second-order valence-corrected chi connectivity index (χ2v) is 10.7. The summed E-state index contributed by atoms with van der Waals surface area (Å²) in [4.78, 5) is 32.9. The number of hydrogen-bond donors (Lipinski definition) is 1. The third-order valence-electron chi connectivity index (χ3n) is 5.55. The minimum atomic E-state index is -3.87. The average Bonchev–Trinajstić information content (AvgIpc) is 3.14. The summed E-state index contributed by atoms with van der Waals surface area (Å²) in [5.41, 5.74) is -0.524. The quantitative estimate of drug-likeness (QED) is 0.491. The zero-order chi connectivity index (χ0) is 23.3. The molecule has 1 N–H and O–H groups in total. The van der Waals surface area contributed by atoms with E-state index < -0.39 is 15.6 Å². The predicted octanol–water partition coefficient (Wildman–Crippen LogP) is 0.635. The van der Waals surface area contributed by atoms with Gasteiger partial charge in [-0.15, -0.1) is 11.3 Å². The Hall–Kier alpha value is -1.86. The molecule has 2 aromatic rings. The predicted molar refractivity (Wildman–Crippen MR) is 124 cm³/mol. The Morgan fingerprint density at radius 2 is 1.97 bits per heavy atom. The fraction of sp³-hybridized carbons (Fsp3) is 0.650. The lowest BCUT2D eigenvalue weighted by Crippen LogP contribution is -2.41. The van der Waals surface area contributed by atoms with Gasteiger partial charge in [-0.3, -0.25) is 14.2 Å². The zero-order valence-corrected chi connectivity index (χ0v) is 20.4. The highest BCUT2D eigenvalue weighted by atomic mass is 32.2. The van der Waals surface area contributed by atoms with E-state index >= 15 is 0 Å². The number of rotatable bonds is 10. The van der Waals surface area contributed by atoms with Crippen LogP contribution in [-0.4, -0.2) is 85.6 Å². The van der Waals surface area contributed by atoms with Crippen LogP contribution >= 0.6 is 11.3 Å². The van der Waals surface area contributed by atoms with Crippen LogP contribution in [0.5, 0.6) is 0 Å². The van der Waals surface area contributed by atoms with Crippen LogP contribution in [0.15, 0.2) is 16.0 Å². The summed E-state index contributed by atoms with van der Waals surface area (Å²) >= 11 is 1.17. The van der Waals surface area contributed by atoms with E-state index in [2.05, 4.69) is 29.0 Å². The van der Waals surface area contributed by atoms with Crippen LogP contribution in [0.2, 0.25) is 0 Å². The second kappa shape index (κ2) is 10.8.